The Morgan fingerprint density at radius 3 is 2.67 bits per heavy atom. The Balaban J connectivity index is 2.82. The van der Waals surface area contributed by atoms with Crippen LogP contribution in [0, 0.1) is 6.92 Å². The van der Waals surface area contributed by atoms with E-state index < -0.39 is 0 Å². The molecule has 1 heterocycles. The summed E-state index contributed by atoms with van der Waals surface area (Å²) in [5.74, 6) is 0.172. The third kappa shape index (κ3) is 1.99. The summed E-state index contributed by atoms with van der Waals surface area (Å²) in [6.07, 6.45) is 5.10. The molecule has 0 saturated carbocycles. The Morgan fingerprint density at radius 2 is 2.17 bits per heavy atom. The fourth-order valence-electron chi connectivity index (χ4n) is 0.759. The van der Waals surface area contributed by atoms with Gasteiger partial charge in [0.1, 0.15) is 0 Å². The number of aryl methyl sites for hydroxylation is 1. The third-order valence-electron chi connectivity index (χ3n) is 1.36. The van der Waals surface area contributed by atoms with Gasteiger partial charge in [-0.3, -0.25) is 4.79 Å². The van der Waals surface area contributed by atoms with Gasteiger partial charge in [0.25, 0.3) is 0 Å². The molecule has 0 aliphatic rings. The van der Waals surface area contributed by atoms with E-state index in [1.165, 1.54) is 0 Å². The van der Waals surface area contributed by atoms with Crippen LogP contribution in [-0.2, 0) is 0 Å². The van der Waals surface area contributed by atoms with Crippen LogP contribution in [0.3, 0.4) is 0 Å². The molecule has 0 amide bonds. The number of hydrogen-bond acceptors (Lipinski definition) is 3. The average Bonchev–Trinajstić information content (AvgIpc) is 2.06. The summed E-state index contributed by atoms with van der Waals surface area (Å²) in [6, 6.07) is 0. The van der Waals surface area contributed by atoms with E-state index in [4.69, 9.17) is 0 Å². The summed E-state index contributed by atoms with van der Waals surface area (Å²) in [5, 5.41) is 0. The van der Waals surface area contributed by atoms with Crippen LogP contribution < -0.4 is 0 Å². The number of rotatable bonds is 3. The van der Waals surface area contributed by atoms with Crippen molar-refractivity contribution in [2.75, 3.05) is 0 Å². The van der Waals surface area contributed by atoms with Crippen LogP contribution in [0.2, 0.25) is 0 Å². The fraction of sp³-hybridized carbons (Fsp3) is 0.222. The first kappa shape index (κ1) is 8.59. The highest BCUT2D eigenvalue weighted by Crippen LogP contribution is 1.97. The quantitative estimate of drug-likeness (QED) is 0.500. The molecule has 0 bridgehead atoms. The number of hydrogen-bond donors (Lipinski definition) is 0. The molecule has 0 aromatic carbocycles. The molecule has 0 unspecified atom stereocenters. The first-order chi connectivity index (χ1) is 5.74. The molecular weight excluding hydrogens is 152 g/mol. The summed E-state index contributed by atoms with van der Waals surface area (Å²) < 4.78 is 0. The normalized spacial score (nSPS) is 9.42. The average molecular weight is 162 g/mol. The molecular formula is C9H10N2O. The molecule has 0 atom stereocenters. The molecule has 1 aromatic heterocycles. The van der Waals surface area contributed by atoms with Gasteiger partial charge in [0.2, 0.25) is 5.78 Å². The van der Waals surface area contributed by atoms with E-state index >= 15 is 0 Å². The van der Waals surface area contributed by atoms with Crippen molar-refractivity contribution < 1.29 is 4.79 Å². The first-order valence-corrected chi connectivity index (χ1v) is 3.67. The predicted octanol–water partition coefficient (Wildman–Crippen LogP) is 1.54. The van der Waals surface area contributed by atoms with Gasteiger partial charge in [0.15, 0.2) is 5.82 Å². The maximum Gasteiger partial charge on any atom is 0.203 e. The van der Waals surface area contributed by atoms with Crippen LogP contribution >= 0.6 is 0 Å². The molecule has 0 N–H and O–H groups in total. The van der Waals surface area contributed by atoms with Crippen LogP contribution in [0.4, 0.5) is 0 Å². The van der Waals surface area contributed by atoms with Gasteiger partial charge in [-0.25, -0.2) is 9.97 Å². The van der Waals surface area contributed by atoms with Crippen LogP contribution in [0.5, 0.6) is 0 Å². The van der Waals surface area contributed by atoms with E-state index in [0.29, 0.717) is 6.42 Å². The summed E-state index contributed by atoms with van der Waals surface area (Å²) in [4.78, 5) is 18.9. The van der Waals surface area contributed by atoms with Gasteiger partial charge in [-0.05, 0) is 12.5 Å². The SMILES string of the molecule is C=CCC(=O)c1ncc(C)cn1. The summed E-state index contributed by atoms with van der Waals surface area (Å²) >= 11 is 0. The summed E-state index contributed by atoms with van der Waals surface area (Å²) in [5.41, 5.74) is 0.949. The Morgan fingerprint density at radius 1 is 1.58 bits per heavy atom. The molecule has 3 heteroatoms. The van der Waals surface area contributed by atoms with Gasteiger partial charge >= 0.3 is 0 Å². The second-order valence-corrected chi connectivity index (χ2v) is 2.50. The molecule has 0 saturated heterocycles. The van der Waals surface area contributed by atoms with Gasteiger partial charge in [-0.1, -0.05) is 6.08 Å². The van der Waals surface area contributed by atoms with Crippen LogP contribution in [-0.4, -0.2) is 15.8 Å². The van der Waals surface area contributed by atoms with Crippen molar-refractivity contribution in [1.29, 1.82) is 0 Å². The molecule has 0 fully saturated rings. The van der Waals surface area contributed by atoms with Crippen molar-refractivity contribution in [3.63, 3.8) is 0 Å². The van der Waals surface area contributed by atoms with Crippen molar-refractivity contribution in [2.24, 2.45) is 0 Å². The maximum absolute atomic E-state index is 11.2. The van der Waals surface area contributed by atoms with Crippen LogP contribution in [0.25, 0.3) is 0 Å². The van der Waals surface area contributed by atoms with Gasteiger partial charge in [-0.15, -0.1) is 6.58 Å². The number of nitrogens with zero attached hydrogens (tertiary/aromatic N) is 2. The lowest BCUT2D eigenvalue weighted by Gasteiger charge is -1.95. The monoisotopic (exact) mass is 162 g/mol. The number of allylic oxidation sites excluding steroid dienone is 1. The topological polar surface area (TPSA) is 42.9 Å². The van der Waals surface area contributed by atoms with Crippen molar-refractivity contribution in [1.82, 2.24) is 9.97 Å². The van der Waals surface area contributed by atoms with Gasteiger partial charge < -0.3 is 0 Å². The zero-order valence-corrected chi connectivity index (χ0v) is 6.95. The molecule has 0 aliphatic carbocycles. The lowest BCUT2D eigenvalue weighted by molar-refractivity contribution is 0.0986. The molecule has 0 radical (unpaired) electrons. The highest BCUT2D eigenvalue weighted by Gasteiger charge is 2.05. The standard InChI is InChI=1S/C9H10N2O/c1-3-4-8(12)9-10-5-7(2)6-11-9/h3,5-6H,1,4H2,2H3. The summed E-state index contributed by atoms with van der Waals surface area (Å²) in [6.45, 7) is 5.34. The molecule has 0 aliphatic heterocycles. The number of aromatic nitrogens is 2. The Hall–Kier alpha value is -1.51. The number of ketones is 1. The van der Waals surface area contributed by atoms with Crippen molar-refractivity contribution in [2.45, 2.75) is 13.3 Å². The van der Waals surface area contributed by atoms with Crippen LogP contribution in [0.1, 0.15) is 22.6 Å². The smallest absolute Gasteiger partial charge is 0.203 e. The van der Waals surface area contributed by atoms with Crippen molar-refractivity contribution in [3.05, 3.63) is 36.4 Å². The highest BCUT2D eigenvalue weighted by atomic mass is 16.1. The lowest BCUT2D eigenvalue weighted by Crippen LogP contribution is -2.03. The van der Waals surface area contributed by atoms with Gasteiger partial charge in [0, 0.05) is 18.8 Å². The van der Waals surface area contributed by atoms with E-state index in [0.717, 1.165) is 5.56 Å². The molecule has 12 heavy (non-hydrogen) atoms. The predicted molar refractivity (Wildman–Crippen MR) is 45.9 cm³/mol. The molecule has 1 rings (SSSR count). The maximum atomic E-state index is 11.2. The van der Waals surface area contributed by atoms with E-state index in [1.54, 1.807) is 18.5 Å². The highest BCUT2D eigenvalue weighted by molar-refractivity contribution is 5.93. The van der Waals surface area contributed by atoms with E-state index in [-0.39, 0.29) is 11.6 Å². The zero-order valence-electron chi connectivity index (χ0n) is 6.95. The Labute approximate surface area is 71.2 Å². The molecule has 1 aromatic rings. The molecule has 62 valence electrons. The molecule has 0 spiro atoms. The minimum Gasteiger partial charge on any atom is -0.290 e. The Bertz CT molecular complexity index is 290. The molecule has 3 nitrogen and oxygen atoms in total. The summed E-state index contributed by atoms with van der Waals surface area (Å²) in [7, 11) is 0. The minimum atomic E-state index is -0.0926. The number of carbonyl (C=O) groups is 1. The van der Waals surface area contributed by atoms with Crippen molar-refractivity contribution in [3.8, 4) is 0 Å². The second-order valence-electron chi connectivity index (χ2n) is 2.50. The largest absolute Gasteiger partial charge is 0.290 e. The van der Waals surface area contributed by atoms with E-state index in [9.17, 15) is 4.79 Å². The first-order valence-electron chi connectivity index (χ1n) is 3.67. The Kier molecular flexibility index (Phi) is 2.69. The second kappa shape index (κ2) is 3.76. The number of carbonyl (C=O) groups excluding carboxylic acids is 1. The van der Waals surface area contributed by atoms with Crippen LogP contribution in [0.15, 0.2) is 25.0 Å². The van der Waals surface area contributed by atoms with Gasteiger partial charge in [0.05, 0.1) is 0 Å². The van der Waals surface area contributed by atoms with E-state index in [1.807, 2.05) is 6.92 Å². The van der Waals surface area contributed by atoms with Crippen molar-refractivity contribution >= 4 is 5.78 Å². The zero-order chi connectivity index (χ0) is 8.97. The third-order valence-corrected chi connectivity index (χ3v) is 1.36. The minimum absolute atomic E-state index is 0.0926. The number of Topliss-reactive ketones (excluding diaryl/α,β-unsaturated/α-hetero) is 1. The lowest BCUT2D eigenvalue weighted by atomic mass is 10.2. The van der Waals surface area contributed by atoms with Gasteiger partial charge in [-0.2, -0.15) is 0 Å². The fourth-order valence-corrected chi connectivity index (χ4v) is 0.759. The van der Waals surface area contributed by atoms with E-state index in [2.05, 4.69) is 16.5 Å².